The van der Waals surface area contributed by atoms with Crippen LogP contribution in [0.3, 0.4) is 0 Å². The highest BCUT2D eigenvalue weighted by molar-refractivity contribution is 6.10. The molecule has 0 spiro atoms. The summed E-state index contributed by atoms with van der Waals surface area (Å²) in [6.07, 6.45) is -2.83. The van der Waals surface area contributed by atoms with E-state index in [1.807, 2.05) is 31.9 Å². The van der Waals surface area contributed by atoms with E-state index in [1.165, 1.54) is 4.90 Å². The summed E-state index contributed by atoms with van der Waals surface area (Å²) >= 11 is 0. The molecule has 0 N–H and O–H groups in total. The number of alkyl halides is 3. The molecule has 1 unspecified atom stereocenters. The fourth-order valence-corrected chi connectivity index (χ4v) is 6.62. The zero-order valence-electron chi connectivity index (χ0n) is 26.9. The number of benzene rings is 2. The number of aryl methyl sites for hydroxylation is 1. The van der Waals surface area contributed by atoms with Gasteiger partial charge in [0.05, 0.1) is 18.7 Å². The average Bonchev–Trinajstić information content (AvgIpc) is 3.50. The van der Waals surface area contributed by atoms with Gasteiger partial charge in [-0.15, -0.1) is 10.2 Å². The Morgan fingerprint density at radius 3 is 2.43 bits per heavy atom. The monoisotopic (exact) mass is 640 g/mol. The van der Waals surface area contributed by atoms with Gasteiger partial charge in [0, 0.05) is 56.4 Å². The second-order valence-electron chi connectivity index (χ2n) is 13.9. The third kappa shape index (κ3) is 5.74. The number of rotatable bonds is 5. The van der Waals surface area contributed by atoms with E-state index in [2.05, 4.69) is 10.2 Å². The first-order valence-corrected chi connectivity index (χ1v) is 15.4. The van der Waals surface area contributed by atoms with E-state index in [4.69, 9.17) is 9.47 Å². The van der Waals surface area contributed by atoms with E-state index in [1.54, 1.807) is 60.8 Å². The van der Waals surface area contributed by atoms with Crippen molar-refractivity contribution in [1.29, 1.82) is 0 Å². The smallest absolute Gasteiger partial charge is 0.416 e. The number of hydrogen-bond donors (Lipinski definition) is 0. The summed E-state index contributed by atoms with van der Waals surface area (Å²) < 4.78 is 56.9. The molecule has 3 aromatic rings. The second-order valence-corrected chi connectivity index (χ2v) is 13.9. The quantitative estimate of drug-likeness (QED) is 0.364. The first-order chi connectivity index (χ1) is 21.5. The molecule has 2 saturated heterocycles. The van der Waals surface area contributed by atoms with Crippen LogP contribution in [-0.2, 0) is 41.4 Å². The van der Waals surface area contributed by atoms with Crippen LogP contribution in [0.5, 0.6) is 0 Å². The predicted octanol–water partition coefficient (Wildman–Crippen LogP) is 5.49. The first kappa shape index (κ1) is 32.0. The molecule has 246 valence electrons. The Bertz CT molecular complexity index is 1670. The molecule has 0 bridgehead atoms. The van der Waals surface area contributed by atoms with Crippen LogP contribution < -0.4 is 4.90 Å². The maximum atomic E-state index is 14.5. The molecule has 6 rings (SSSR count). The van der Waals surface area contributed by atoms with Crippen LogP contribution in [0, 0.1) is 0 Å². The highest BCUT2D eigenvalue weighted by Crippen LogP contribution is 2.45. The molecule has 0 saturated carbocycles. The standard InChI is InChI=1S/C33H39F3N6O4/c1-30(2,3)46-29(44)40-11-12-41(31(4,5)19-40)17-21-14-24-25(26(15-21)33(34,35)36)18-42(27(24)43)23-9-7-8-22(16-23)32(10-13-45-32)28-38-37-20-39(28)6/h7-9,14-16,20H,10-13,17-19H2,1-6H3. The molecule has 2 fully saturated rings. The summed E-state index contributed by atoms with van der Waals surface area (Å²) in [7, 11) is 1.82. The van der Waals surface area contributed by atoms with Gasteiger partial charge in [0.2, 0.25) is 0 Å². The zero-order valence-corrected chi connectivity index (χ0v) is 26.9. The number of carbonyl (C=O) groups is 2. The van der Waals surface area contributed by atoms with Crippen LogP contribution in [0.1, 0.15) is 79.5 Å². The molecule has 3 aliphatic rings. The highest BCUT2D eigenvalue weighted by Gasteiger charge is 2.47. The van der Waals surface area contributed by atoms with Crippen molar-refractivity contribution in [3.05, 3.63) is 76.4 Å². The van der Waals surface area contributed by atoms with Gasteiger partial charge in [0.1, 0.15) is 11.9 Å². The minimum absolute atomic E-state index is 0.0384. The lowest BCUT2D eigenvalue weighted by Gasteiger charge is -2.47. The van der Waals surface area contributed by atoms with Crippen molar-refractivity contribution in [2.75, 3.05) is 31.1 Å². The Morgan fingerprint density at radius 1 is 1.11 bits per heavy atom. The Hall–Kier alpha value is -3.97. The SMILES string of the molecule is Cn1cnnc1C1(c2cccc(N3Cc4c(cc(CN5CCN(C(=O)OC(C)(C)C)CC5(C)C)cc4C(F)(F)F)C3=O)c2)CCO1. The van der Waals surface area contributed by atoms with Gasteiger partial charge in [-0.1, -0.05) is 12.1 Å². The van der Waals surface area contributed by atoms with Gasteiger partial charge in [-0.3, -0.25) is 9.69 Å². The third-order valence-corrected chi connectivity index (χ3v) is 9.01. The number of piperazine rings is 1. The van der Waals surface area contributed by atoms with Crippen LogP contribution in [0.4, 0.5) is 23.7 Å². The lowest BCUT2D eigenvalue weighted by molar-refractivity contribution is -0.138. The number of hydrogen-bond acceptors (Lipinski definition) is 7. The summed E-state index contributed by atoms with van der Waals surface area (Å²) in [5, 5.41) is 8.23. The van der Waals surface area contributed by atoms with E-state index < -0.39 is 40.5 Å². The molecule has 0 radical (unpaired) electrons. The third-order valence-electron chi connectivity index (χ3n) is 9.01. The highest BCUT2D eigenvalue weighted by atomic mass is 19.4. The molecule has 46 heavy (non-hydrogen) atoms. The van der Waals surface area contributed by atoms with Gasteiger partial charge in [-0.2, -0.15) is 13.2 Å². The molecule has 4 heterocycles. The maximum Gasteiger partial charge on any atom is 0.416 e. The number of nitrogens with zero attached hydrogens (tertiary/aromatic N) is 6. The Kier molecular flexibility index (Phi) is 7.71. The fourth-order valence-electron chi connectivity index (χ4n) is 6.62. The molecule has 1 atom stereocenters. The van der Waals surface area contributed by atoms with E-state index in [9.17, 15) is 22.8 Å². The van der Waals surface area contributed by atoms with Crippen LogP contribution in [0.15, 0.2) is 42.7 Å². The molecule has 3 aliphatic heterocycles. The summed E-state index contributed by atoms with van der Waals surface area (Å²) in [6, 6.07) is 9.90. The van der Waals surface area contributed by atoms with Crippen LogP contribution in [0.2, 0.25) is 0 Å². The largest absolute Gasteiger partial charge is 0.444 e. The van der Waals surface area contributed by atoms with Crippen LogP contribution in [0.25, 0.3) is 0 Å². The number of halogens is 3. The van der Waals surface area contributed by atoms with Gasteiger partial charge >= 0.3 is 12.3 Å². The number of anilines is 1. The van der Waals surface area contributed by atoms with E-state index in [-0.39, 0.29) is 24.2 Å². The lowest BCUT2D eigenvalue weighted by Crippen LogP contribution is -2.60. The Balaban J connectivity index is 1.27. The van der Waals surface area contributed by atoms with Gasteiger partial charge in [0.25, 0.3) is 5.91 Å². The minimum atomic E-state index is -4.65. The normalized spacial score (nSPS) is 21.7. The number of aromatic nitrogens is 3. The second kappa shape index (κ2) is 11.1. The van der Waals surface area contributed by atoms with Crippen molar-refractivity contribution < 1.29 is 32.2 Å². The number of fused-ring (bicyclic) bond motifs is 1. The van der Waals surface area contributed by atoms with Crippen molar-refractivity contribution in [3.63, 3.8) is 0 Å². The van der Waals surface area contributed by atoms with Crippen LogP contribution >= 0.6 is 0 Å². The lowest BCUT2D eigenvalue weighted by atomic mass is 9.85. The van der Waals surface area contributed by atoms with Crippen molar-refractivity contribution in [2.45, 2.75) is 77.0 Å². The van der Waals surface area contributed by atoms with Crippen molar-refractivity contribution in [3.8, 4) is 0 Å². The predicted molar refractivity (Wildman–Crippen MR) is 163 cm³/mol. The minimum Gasteiger partial charge on any atom is -0.444 e. The molecule has 10 nitrogen and oxygen atoms in total. The molecular weight excluding hydrogens is 601 g/mol. The van der Waals surface area contributed by atoms with E-state index >= 15 is 0 Å². The molecule has 0 aliphatic carbocycles. The summed E-state index contributed by atoms with van der Waals surface area (Å²) in [4.78, 5) is 31.6. The maximum absolute atomic E-state index is 14.5. The zero-order chi connectivity index (χ0) is 33.2. The van der Waals surface area contributed by atoms with Gasteiger partial charge in [-0.25, -0.2) is 4.79 Å². The van der Waals surface area contributed by atoms with Crippen molar-refractivity contribution in [1.82, 2.24) is 24.6 Å². The van der Waals surface area contributed by atoms with E-state index in [0.29, 0.717) is 49.7 Å². The molecular formula is C33H39F3N6O4. The van der Waals surface area contributed by atoms with Crippen molar-refractivity contribution >= 4 is 17.7 Å². The first-order valence-electron chi connectivity index (χ1n) is 15.4. The summed E-state index contributed by atoms with van der Waals surface area (Å²) in [5.41, 5.74) is -1.22. The molecule has 2 aromatic carbocycles. The Labute approximate surface area is 266 Å². The van der Waals surface area contributed by atoms with Crippen molar-refractivity contribution in [2.24, 2.45) is 7.05 Å². The fraction of sp³-hybridized carbons (Fsp3) is 0.515. The number of carbonyl (C=O) groups excluding carboxylic acids is 2. The number of amides is 2. The van der Waals surface area contributed by atoms with Gasteiger partial charge < -0.3 is 23.8 Å². The molecule has 13 heteroatoms. The summed E-state index contributed by atoms with van der Waals surface area (Å²) in [5.74, 6) is 0.126. The average molecular weight is 641 g/mol. The van der Waals surface area contributed by atoms with Gasteiger partial charge in [-0.05, 0) is 75.6 Å². The molecule has 1 aromatic heterocycles. The van der Waals surface area contributed by atoms with E-state index in [0.717, 1.165) is 11.6 Å². The summed E-state index contributed by atoms with van der Waals surface area (Å²) in [6.45, 7) is 11.0. The topological polar surface area (TPSA) is 93.0 Å². The molecule has 2 amide bonds. The van der Waals surface area contributed by atoms with Gasteiger partial charge in [0.15, 0.2) is 11.4 Å². The number of ether oxygens (including phenoxy) is 2. The van der Waals surface area contributed by atoms with Crippen LogP contribution in [-0.4, -0.2) is 73.9 Å². The Morgan fingerprint density at radius 2 is 1.85 bits per heavy atom.